The molecule has 0 aromatic rings. The summed E-state index contributed by atoms with van der Waals surface area (Å²) in [6.07, 6.45) is -13.4. The Bertz CT molecular complexity index is 967. The summed E-state index contributed by atoms with van der Waals surface area (Å²) in [6.45, 7) is 3.17. The molecule has 0 saturated heterocycles. The summed E-state index contributed by atoms with van der Waals surface area (Å²) in [5, 5.41) is 0. The van der Waals surface area contributed by atoms with E-state index in [0.29, 0.717) is 0 Å². The summed E-state index contributed by atoms with van der Waals surface area (Å²) in [4.78, 5) is 34.3. The predicted octanol–water partition coefficient (Wildman–Crippen LogP) is 5.48. The van der Waals surface area contributed by atoms with Gasteiger partial charge in [-0.3, -0.25) is 9.59 Å². The van der Waals surface area contributed by atoms with Crippen molar-refractivity contribution >= 4 is 17.9 Å². The molecular formula is C22H25F13O8. The Hall–Kier alpha value is -2.84. The summed E-state index contributed by atoms with van der Waals surface area (Å²) in [7, 11) is 0. The highest BCUT2D eigenvalue weighted by atomic mass is 19.4. The van der Waals surface area contributed by atoms with Crippen molar-refractivity contribution in [3.8, 4) is 0 Å². The van der Waals surface area contributed by atoms with Gasteiger partial charge in [0.15, 0.2) is 6.29 Å². The number of hydrogen-bond donors (Lipinski definition) is 0. The molecule has 0 aromatic carbocycles. The molecule has 0 N–H and O–H groups in total. The van der Waals surface area contributed by atoms with Crippen LogP contribution in [0.15, 0.2) is 12.2 Å². The van der Waals surface area contributed by atoms with Gasteiger partial charge in [-0.15, -0.1) is 0 Å². The van der Waals surface area contributed by atoms with E-state index in [1.165, 1.54) is 6.92 Å². The standard InChI is InChI=1S/C22H25F13O8/c1-12(2)16(38)42-11-9-39-8-10-41-14(36)4-5-15(37)43-13(3)40-7-6-17(23,24)18(25,26)19(27,28)20(29,30)21(31,32)22(33,34)35/h13H,1,4-11H2,2-3H3. The zero-order valence-electron chi connectivity index (χ0n) is 22.1. The van der Waals surface area contributed by atoms with Crippen LogP contribution < -0.4 is 0 Å². The van der Waals surface area contributed by atoms with Crippen molar-refractivity contribution < 1.29 is 95.1 Å². The van der Waals surface area contributed by atoms with Gasteiger partial charge in [0.1, 0.15) is 13.2 Å². The van der Waals surface area contributed by atoms with Gasteiger partial charge in [0.05, 0.1) is 32.7 Å². The van der Waals surface area contributed by atoms with Gasteiger partial charge in [0, 0.05) is 12.0 Å². The molecule has 0 spiro atoms. The lowest BCUT2D eigenvalue weighted by Gasteiger charge is -2.39. The molecule has 1 unspecified atom stereocenters. The molecular weight excluding hydrogens is 639 g/mol. The molecule has 8 nitrogen and oxygen atoms in total. The third-order valence-corrected chi connectivity index (χ3v) is 4.90. The molecule has 0 aromatic heterocycles. The minimum atomic E-state index is -8.01. The Balaban J connectivity index is 4.67. The molecule has 252 valence electrons. The van der Waals surface area contributed by atoms with Crippen molar-refractivity contribution in [1.29, 1.82) is 0 Å². The highest BCUT2D eigenvalue weighted by Gasteiger charge is 2.90. The molecule has 1 atom stereocenters. The molecule has 0 radical (unpaired) electrons. The fraction of sp³-hybridized carbons (Fsp3) is 0.773. The lowest BCUT2D eigenvalue weighted by atomic mass is 9.93. The van der Waals surface area contributed by atoms with Gasteiger partial charge in [-0.05, 0) is 13.8 Å². The highest BCUT2D eigenvalue weighted by molar-refractivity contribution is 5.86. The Morgan fingerprint density at radius 1 is 0.651 bits per heavy atom. The van der Waals surface area contributed by atoms with Crippen LogP contribution in [-0.4, -0.2) is 93.0 Å². The topological polar surface area (TPSA) is 97.4 Å². The number of hydrogen-bond acceptors (Lipinski definition) is 8. The molecule has 0 amide bonds. The first kappa shape index (κ1) is 40.2. The maximum Gasteiger partial charge on any atom is 0.460 e. The largest absolute Gasteiger partial charge is 0.463 e. The van der Waals surface area contributed by atoms with E-state index in [1.54, 1.807) is 0 Å². The Morgan fingerprint density at radius 2 is 1.12 bits per heavy atom. The minimum absolute atomic E-state index is 0.0484. The van der Waals surface area contributed by atoms with Crippen LogP contribution in [0.1, 0.15) is 33.1 Å². The van der Waals surface area contributed by atoms with Crippen LogP contribution in [0.5, 0.6) is 0 Å². The van der Waals surface area contributed by atoms with Crippen LogP contribution in [0, 0.1) is 0 Å². The summed E-state index contributed by atoms with van der Waals surface area (Å²) in [5.74, 6) is -40.4. The van der Waals surface area contributed by atoms with Crippen molar-refractivity contribution in [1.82, 2.24) is 0 Å². The van der Waals surface area contributed by atoms with E-state index in [9.17, 15) is 71.5 Å². The van der Waals surface area contributed by atoms with Crippen molar-refractivity contribution in [3.05, 3.63) is 12.2 Å². The van der Waals surface area contributed by atoms with Crippen molar-refractivity contribution in [3.63, 3.8) is 0 Å². The summed E-state index contributed by atoms with van der Waals surface area (Å²) >= 11 is 0. The molecule has 0 saturated carbocycles. The second-order valence-corrected chi connectivity index (χ2v) is 8.43. The second kappa shape index (κ2) is 15.2. The number of esters is 3. The van der Waals surface area contributed by atoms with Gasteiger partial charge in [0.2, 0.25) is 0 Å². The molecule has 0 rings (SSSR count). The first-order valence-corrected chi connectivity index (χ1v) is 11.6. The predicted molar refractivity (Wildman–Crippen MR) is 114 cm³/mol. The monoisotopic (exact) mass is 664 g/mol. The minimum Gasteiger partial charge on any atom is -0.463 e. The summed E-state index contributed by atoms with van der Waals surface area (Å²) < 4.78 is 193. The lowest BCUT2D eigenvalue weighted by Crippen LogP contribution is -2.70. The Morgan fingerprint density at radius 3 is 1.60 bits per heavy atom. The molecule has 43 heavy (non-hydrogen) atoms. The van der Waals surface area contributed by atoms with E-state index in [0.717, 1.165) is 6.92 Å². The molecule has 0 heterocycles. The fourth-order valence-electron chi connectivity index (χ4n) is 2.50. The zero-order valence-corrected chi connectivity index (χ0v) is 22.1. The number of carbonyl (C=O) groups is 3. The van der Waals surface area contributed by atoms with Gasteiger partial charge in [-0.25, -0.2) is 4.79 Å². The van der Waals surface area contributed by atoms with E-state index < -0.39 is 85.9 Å². The smallest absolute Gasteiger partial charge is 0.460 e. The third kappa shape index (κ3) is 10.4. The number of carbonyl (C=O) groups excluding carboxylic acids is 3. The summed E-state index contributed by atoms with van der Waals surface area (Å²) in [6, 6.07) is 0. The van der Waals surface area contributed by atoms with Gasteiger partial charge >= 0.3 is 53.7 Å². The number of ether oxygens (including phenoxy) is 5. The number of halogens is 13. The van der Waals surface area contributed by atoms with Crippen LogP contribution in [-0.2, 0) is 38.1 Å². The second-order valence-electron chi connectivity index (χ2n) is 8.43. The molecule has 21 heteroatoms. The van der Waals surface area contributed by atoms with Crippen molar-refractivity contribution in [2.75, 3.05) is 33.0 Å². The zero-order chi connectivity index (χ0) is 34.1. The third-order valence-electron chi connectivity index (χ3n) is 4.90. The van der Waals surface area contributed by atoms with Crippen molar-refractivity contribution in [2.45, 2.75) is 75.2 Å². The van der Waals surface area contributed by atoms with Crippen LogP contribution in [0.25, 0.3) is 0 Å². The van der Waals surface area contributed by atoms with Gasteiger partial charge < -0.3 is 23.7 Å². The van der Waals surface area contributed by atoms with Gasteiger partial charge in [-0.1, -0.05) is 6.58 Å². The molecule has 0 aliphatic heterocycles. The quantitative estimate of drug-likeness (QED) is 0.0448. The van der Waals surface area contributed by atoms with Crippen LogP contribution in [0.3, 0.4) is 0 Å². The van der Waals surface area contributed by atoms with Crippen LogP contribution in [0.2, 0.25) is 0 Å². The molecule has 0 aliphatic rings. The van der Waals surface area contributed by atoms with E-state index in [2.05, 4.69) is 20.8 Å². The molecule has 0 fully saturated rings. The first-order chi connectivity index (χ1) is 19.3. The highest BCUT2D eigenvalue weighted by Crippen LogP contribution is 2.60. The number of rotatable bonds is 19. The Kier molecular flexibility index (Phi) is 14.2. The SMILES string of the molecule is C=C(C)C(=O)OCCOCCOC(=O)CCC(=O)OC(C)OCCC(F)(F)C(F)(F)C(F)(F)C(F)(F)C(F)(F)C(F)(F)F. The molecule has 0 aliphatic carbocycles. The van der Waals surface area contributed by atoms with E-state index >= 15 is 0 Å². The first-order valence-electron chi connectivity index (χ1n) is 11.6. The maximum atomic E-state index is 13.7. The van der Waals surface area contributed by atoms with Gasteiger partial charge in [0.25, 0.3) is 0 Å². The Labute approximate surface area is 234 Å². The van der Waals surface area contributed by atoms with Crippen LogP contribution >= 0.6 is 0 Å². The maximum absolute atomic E-state index is 13.7. The van der Waals surface area contributed by atoms with Crippen molar-refractivity contribution in [2.24, 2.45) is 0 Å². The fourth-order valence-corrected chi connectivity index (χ4v) is 2.50. The average Bonchev–Trinajstić information content (AvgIpc) is 2.85. The van der Waals surface area contributed by atoms with E-state index in [4.69, 9.17) is 9.47 Å². The lowest BCUT2D eigenvalue weighted by molar-refractivity contribution is -0.440. The van der Waals surface area contributed by atoms with E-state index in [-0.39, 0.29) is 32.0 Å². The van der Waals surface area contributed by atoms with Gasteiger partial charge in [-0.2, -0.15) is 57.1 Å². The molecule has 0 bridgehead atoms. The summed E-state index contributed by atoms with van der Waals surface area (Å²) in [5.41, 5.74) is 0.162. The van der Waals surface area contributed by atoms with Crippen LogP contribution in [0.4, 0.5) is 57.1 Å². The normalized spacial score (nSPS) is 14.2. The average molecular weight is 664 g/mol. The number of alkyl halides is 13. The van der Waals surface area contributed by atoms with E-state index in [1.807, 2.05) is 0 Å².